The molecule has 2 aromatic carbocycles. The van der Waals surface area contributed by atoms with Gasteiger partial charge < -0.3 is 19.6 Å². The number of imide groups is 1. The molecule has 0 spiro atoms. The molecule has 8 nitrogen and oxygen atoms in total. The molecule has 162 valence electrons. The highest BCUT2D eigenvalue weighted by atomic mass is 16.5. The Morgan fingerprint density at radius 3 is 2.26 bits per heavy atom. The van der Waals surface area contributed by atoms with Crippen molar-refractivity contribution in [3.05, 3.63) is 54.1 Å². The van der Waals surface area contributed by atoms with Gasteiger partial charge >= 0.3 is 5.97 Å². The summed E-state index contributed by atoms with van der Waals surface area (Å²) >= 11 is 0. The van der Waals surface area contributed by atoms with Crippen LogP contribution in [0.4, 0.5) is 11.4 Å². The van der Waals surface area contributed by atoms with E-state index in [9.17, 15) is 19.5 Å². The maximum atomic E-state index is 13.1. The van der Waals surface area contributed by atoms with E-state index >= 15 is 0 Å². The molecular weight excluding hydrogens is 398 g/mol. The molecule has 31 heavy (non-hydrogen) atoms. The smallest absolute Gasteiger partial charge is 0.338 e. The standard InChI is InChI=1S/C23H25N3O5/c1-2-31-23(30)16-3-5-18(6-4-16)26-21(28)15-20(22(26)29)25-13-11-24(12-14-25)17-7-9-19(27)10-8-17/h3-10,20,27H,2,11-15H2,1H3/p+1/t20-/m0/s1. The maximum absolute atomic E-state index is 13.1. The Kier molecular flexibility index (Phi) is 5.90. The van der Waals surface area contributed by atoms with Crippen LogP contribution in [0.5, 0.6) is 5.75 Å². The number of phenolic OH excluding ortho intramolecular Hbond substituents is 1. The number of benzene rings is 2. The quantitative estimate of drug-likeness (QED) is 0.540. The van der Waals surface area contributed by atoms with Crippen molar-refractivity contribution in [2.75, 3.05) is 42.6 Å². The first-order valence-electron chi connectivity index (χ1n) is 10.5. The van der Waals surface area contributed by atoms with Gasteiger partial charge in [-0.3, -0.25) is 9.59 Å². The van der Waals surface area contributed by atoms with Crippen molar-refractivity contribution < 1.29 is 29.1 Å². The van der Waals surface area contributed by atoms with Crippen LogP contribution in [0.2, 0.25) is 0 Å². The molecule has 2 aromatic rings. The number of amides is 2. The molecule has 4 rings (SSSR count). The van der Waals surface area contributed by atoms with Gasteiger partial charge in [0.2, 0.25) is 5.91 Å². The van der Waals surface area contributed by atoms with Crippen LogP contribution in [0.3, 0.4) is 0 Å². The van der Waals surface area contributed by atoms with Gasteiger partial charge in [0.15, 0.2) is 6.04 Å². The van der Waals surface area contributed by atoms with Crippen LogP contribution < -0.4 is 14.7 Å². The van der Waals surface area contributed by atoms with Crippen molar-refractivity contribution in [3.8, 4) is 5.75 Å². The summed E-state index contributed by atoms with van der Waals surface area (Å²) in [5, 5.41) is 9.46. The van der Waals surface area contributed by atoms with Crippen LogP contribution >= 0.6 is 0 Å². The zero-order valence-corrected chi connectivity index (χ0v) is 17.4. The Hall–Kier alpha value is -3.39. The normalized spacial score (nSPS) is 19.7. The highest BCUT2D eigenvalue weighted by Gasteiger charge is 2.46. The number of aromatic hydroxyl groups is 1. The fraction of sp³-hybridized carbons (Fsp3) is 0.348. The average Bonchev–Trinajstić information content (AvgIpc) is 3.08. The van der Waals surface area contributed by atoms with E-state index in [4.69, 9.17) is 4.74 Å². The summed E-state index contributed by atoms with van der Waals surface area (Å²) in [7, 11) is 0. The van der Waals surface area contributed by atoms with E-state index in [-0.39, 0.29) is 36.6 Å². The van der Waals surface area contributed by atoms with Gasteiger partial charge in [-0.05, 0) is 55.5 Å². The van der Waals surface area contributed by atoms with E-state index in [0.717, 1.165) is 36.8 Å². The predicted octanol–water partition coefficient (Wildman–Crippen LogP) is 0.606. The lowest BCUT2D eigenvalue weighted by Crippen LogP contribution is -3.19. The van der Waals surface area contributed by atoms with Crippen LogP contribution in [0.15, 0.2) is 48.5 Å². The third-order valence-electron chi connectivity index (χ3n) is 5.90. The van der Waals surface area contributed by atoms with Gasteiger partial charge in [0.05, 0.1) is 50.5 Å². The Morgan fingerprint density at radius 2 is 1.65 bits per heavy atom. The molecule has 2 saturated heterocycles. The van der Waals surface area contributed by atoms with Gasteiger partial charge in [-0.15, -0.1) is 0 Å². The molecule has 0 aromatic heterocycles. The first-order chi connectivity index (χ1) is 15.0. The minimum Gasteiger partial charge on any atom is -0.508 e. The second-order valence-electron chi connectivity index (χ2n) is 7.75. The number of carbonyl (C=O) groups is 3. The number of quaternary nitrogens is 1. The van der Waals surface area contributed by atoms with E-state index in [2.05, 4.69) is 4.90 Å². The van der Waals surface area contributed by atoms with Crippen LogP contribution in [-0.2, 0) is 14.3 Å². The number of phenols is 1. The second-order valence-corrected chi connectivity index (χ2v) is 7.75. The van der Waals surface area contributed by atoms with Crippen LogP contribution in [0.25, 0.3) is 0 Å². The predicted molar refractivity (Wildman–Crippen MR) is 114 cm³/mol. The molecule has 2 amide bonds. The number of nitrogens with zero attached hydrogens (tertiary/aromatic N) is 2. The van der Waals surface area contributed by atoms with Crippen molar-refractivity contribution in [2.45, 2.75) is 19.4 Å². The SMILES string of the molecule is CCOC(=O)c1ccc(N2C(=O)C[C@H]([NH+]3CCN(c4ccc(O)cc4)CC3)C2=O)cc1. The van der Waals surface area contributed by atoms with Crippen molar-refractivity contribution in [1.29, 1.82) is 0 Å². The minimum atomic E-state index is -0.429. The molecule has 2 aliphatic rings. The number of carbonyl (C=O) groups excluding carboxylic acids is 3. The largest absolute Gasteiger partial charge is 0.508 e. The number of rotatable bonds is 5. The molecule has 0 radical (unpaired) electrons. The summed E-state index contributed by atoms with van der Waals surface area (Å²) in [6, 6.07) is 13.1. The summed E-state index contributed by atoms with van der Waals surface area (Å²) in [6.45, 7) is 5.06. The molecular formula is C23H26N3O5+. The summed E-state index contributed by atoms with van der Waals surface area (Å²) in [5.74, 6) is -0.602. The molecule has 1 atom stereocenters. The minimum absolute atomic E-state index is 0.188. The van der Waals surface area contributed by atoms with Crippen molar-refractivity contribution in [3.63, 3.8) is 0 Å². The van der Waals surface area contributed by atoms with Gasteiger partial charge in [0.25, 0.3) is 5.91 Å². The Labute approximate surface area is 180 Å². The van der Waals surface area contributed by atoms with E-state index < -0.39 is 5.97 Å². The van der Waals surface area contributed by atoms with Crippen LogP contribution in [0, 0.1) is 0 Å². The zero-order chi connectivity index (χ0) is 22.0. The van der Waals surface area contributed by atoms with Gasteiger partial charge in [-0.2, -0.15) is 0 Å². The van der Waals surface area contributed by atoms with Gasteiger partial charge in [0, 0.05) is 5.69 Å². The lowest BCUT2D eigenvalue weighted by Gasteiger charge is -2.35. The van der Waals surface area contributed by atoms with Gasteiger partial charge in [0.1, 0.15) is 5.75 Å². The van der Waals surface area contributed by atoms with Crippen LogP contribution in [-0.4, -0.2) is 61.7 Å². The van der Waals surface area contributed by atoms with E-state index in [1.165, 1.54) is 4.90 Å². The summed E-state index contributed by atoms with van der Waals surface area (Å²) in [5.41, 5.74) is 1.90. The second kappa shape index (κ2) is 8.77. The summed E-state index contributed by atoms with van der Waals surface area (Å²) in [4.78, 5) is 42.1. The third-order valence-corrected chi connectivity index (χ3v) is 5.90. The van der Waals surface area contributed by atoms with Crippen molar-refractivity contribution in [1.82, 2.24) is 0 Å². The highest BCUT2D eigenvalue weighted by molar-refractivity contribution is 6.22. The Balaban J connectivity index is 1.40. The van der Waals surface area contributed by atoms with Gasteiger partial charge in [-0.1, -0.05) is 0 Å². The number of anilines is 2. The van der Waals surface area contributed by atoms with E-state index in [0.29, 0.717) is 11.3 Å². The Morgan fingerprint density at radius 1 is 1.03 bits per heavy atom. The molecule has 8 heteroatoms. The molecule has 0 saturated carbocycles. The highest BCUT2D eigenvalue weighted by Crippen LogP contribution is 2.23. The number of ether oxygens (including phenoxy) is 1. The number of esters is 1. The fourth-order valence-electron chi connectivity index (χ4n) is 4.25. The topological polar surface area (TPSA) is 91.6 Å². The van der Waals surface area contributed by atoms with Gasteiger partial charge in [-0.25, -0.2) is 9.69 Å². The monoisotopic (exact) mass is 424 g/mol. The number of piperazine rings is 1. The molecule has 2 N–H and O–H groups in total. The average molecular weight is 424 g/mol. The fourth-order valence-corrected chi connectivity index (χ4v) is 4.25. The number of nitrogens with one attached hydrogen (secondary N) is 1. The summed E-state index contributed by atoms with van der Waals surface area (Å²) < 4.78 is 4.97. The number of hydrogen-bond donors (Lipinski definition) is 2. The molecule has 0 unspecified atom stereocenters. The first kappa shape index (κ1) is 20.9. The molecule has 2 fully saturated rings. The summed E-state index contributed by atoms with van der Waals surface area (Å²) in [6.07, 6.45) is 0.188. The molecule has 0 bridgehead atoms. The molecule has 2 heterocycles. The Bertz CT molecular complexity index is 966. The third kappa shape index (κ3) is 4.25. The maximum Gasteiger partial charge on any atom is 0.338 e. The van der Waals surface area contributed by atoms with Crippen molar-refractivity contribution >= 4 is 29.2 Å². The van der Waals surface area contributed by atoms with E-state index in [1.54, 1.807) is 43.3 Å². The molecule has 0 aliphatic carbocycles. The van der Waals surface area contributed by atoms with Crippen molar-refractivity contribution in [2.24, 2.45) is 0 Å². The van der Waals surface area contributed by atoms with Crippen LogP contribution in [0.1, 0.15) is 23.7 Å². The lowest BCUT2D eigenvalue weighted by molar-refractivity contribution is -0.915. The number of hydrogen-bond acceptors (Lipinski definition) is 6. The van der Waals surface area contributed by atoms with E-state index in [1.807, 2.05) is 12.1 Å². The zero-order valence-electron chi connectivity index (χ0n) is 17.4. The lowest BCUT2D eigenvalue weighted by atomic mass is 10.1. The first-order valence-corrected chi connectivity index (χ1v) is 10.5. The molecule has 2 aliphatic heterocycles.